The number of fused-ring (bicyclic) bond motifs is 2. The smallest absolute Gasteiger partial charge is 0.251 e. The van der Waals surface area contributed by atoms with Crippen LogP contribution in [0.25, 0.3) is 11.0 Å². The Balaban J connectivity index is 1.10. The Hall–Kier alpha value is -3.19. The number of piperidine rings is 1. The minimum Gasteiger partial charge on any atom is -0.454 e. The summed E-state index contributed by atoms with van der Waals surface area (Å²) in [6.07, 6.45) is 5.45. The number of likely N-dealkylation sites (tertiary alicyclic amines) is 1. The molecule has 0 atom stereocenters. The number of carbonyl (C=O) groups is 1. The average Bonchev–Trinajstić information content (AvgIpc) is 3.26. The van der Waals surface area contributed by atoms with Gasteiger partial charge in [-0.3, -0.25) is 19.7 Å². The van der Waals surface area contributed by atoms with Gasteiger partial charge in [-0.05, 0) is 67.7 Å². The van der Waals surface area contributed by atoms with Crippen LogP contribution in [0, 0.1) is 5.92 Å². The fraction of sp³-hybridized carbons (Fsp3) is 0.348. The van der Waals surface area contributed by atoms with Crippen LogP contribution in [0.2, 0.25) is 0 Å². The van der Waals surface area contributed by atoms with E-state index in [1.54, 1.807) is 24.5 Å². The van der Waals surface area contributed by atoms with Crippen molar-refractivity contribution in [2.24, 2.45) is 5.92 Å². The first-order valence-electron chi connectivity index (χ1n) is 10.3. The number of benzene rings is 2. The number of carbonyl (C=O) groups excluding carboxylic acids is 1. The van der Waals surface area contributed by atoms with Crippen molar-refractivity contribution in [1.29, 1.82) is 0 Å². The zero-order valence-electron chi connectivity index (χ0n) is 16.7. The van der Waals surface area contributed by atoms with E-state index in [0.717, 1.165) is 55.0 Å². The van der Waals surface area contributed by atoms with Gasteiger partial charge < -0.3 is 14.8 Å². The standard InChI is InChI=1S/C23H24N4O3/c28-23(18-2-3-19-20(12-18)25-8-7-24-19)26-13-16-5-9-27(10-6-16)14-17-1-4-21-22(11-17)30-15-29-21/h1-4,7-8,11-12,16H,5-6,9-10,13-15H2,(H,26,28). The van der Waals surface area contributed by atoms with Gasteiger partial charge in [0.25, 0.3) is 5.91 Å². The second kappa shape index (κ2) is 8.28. The fourth-order valence-electron chi connectivity index (χ4n) is 4.09. The summed E-state index contributed by atoms with van der Waals surface area (Å²) in [5, 5.41) is 3.09. The van der Waals surface area contributed by atoms with E-state index in [0.29, 0.717) is 24.8 Å². The molecule has 1 N–H and O–H groups in total. The van der Waals surface area contributed by atoms with Gasteiger partial charge in [-0.2, -0.15) is 0 Å². The van der Waals surface area contributed by atoms with E-state index in [2.05, 4.69) is 32.3 Å². The van der Waals surface area contributed by atoms with Crippen LogP contribution in [0.3, 0.4) is 0 Å². The third-order valence-electron chi connectivity index (χ3n) is 5.83. The minimum absolute atomic E-state index is 0.0506. The molecular formula is C23H24N4O3. The summed E-state index contributed by atoms with van der Waals surface area (Å²) < 4.78 is 10.9. The second-order valence-electron chi connectivity index (χ2n) is 7.88. The van der Waals surface area contributed by atoms with Crippen molar-refractivity contribution in [3.8, 4) is 11.5 Å². The molecule has 1 fully saturated rings. The van der Waals surface area contributed by atoms with E-state index in [-0.39, 0.29) is 5.91 Å². The maximum atomic E-state index is 12.5. The number of hydrogen-bond acceptors (Lipinski definition) is 6. The van der Waals surface area contributed by atoms with Crippen LogP contribution in [-0.2, 0) is 6.54 Å². The van der Waals surface area contributed by atoms with Crippen molar-refractivity contribution in [2.75, 3.05) is 26.4 Å². The molecule has 2 aliphatic heterocycles. The molecule has 5 rings (SSSR count). The molecule has 30 heavy (non-hydrogen) atoms. The molecule has 7 nitrogen and oxygen atoms in total. The van der Waals surface area contributed by atoms with Gasteiger partial charge in [0.2, 0.25) is 6.79 Å². The van der Waals surface area contributed by atoms with Gasteiger partial charge in [0.1, 0.15) is 0 Å². The van der Waals surface area contributed by atoms with Crippen LogP contribution >= 0.6 is 0 Å². The van der Waals surface area contributed by atoms with Gasteiger partial charge >= 0.3 is 0 Å². The molecular weight excluding hydrogens is 380 g/mol. The number of ether oxygens (including phenoxy) is 2. The molecule has 0 bridgehead atoms. The lowest BCUT2D eigenvalue weighted by molar-refractivity contribution is 0.0935. The molecule has 1 amide bonds. The summed E-state index contributed by atoms with van der Waals surface area (Å²) in [4.78, 5) is 23.5. The monoisotopic (exact) mass is 404 g/mol. The molecule has 2 aromatic carbocycles. The Morgan fingerprint density at radius 2 is 1.80 bits per heavy atom. The molecule has 1 saturated heterocycles. The lowest BCUT2D eigenvalue weighted by atomic mass is 9.96. The summed E-state index contributed by atoms with van der Waals surface area (Å²) in [5.41, 5.74) is 3.40. The lowest BCUT2D eigenvalue weighted by Crippen LogP contribution is -2.38. The van der Waals surface area contributed by atoms with Gasteiger partial charge in [-0.1, -0.05) is 6.07 Å². The zero-order valence-corrected chi connectivity index (χ0v) is 16.7. The summed E-state index contributed by atoms with van der Waals surface area (Å²) in [7, 11) is 0. The van der Waals surface area contributed by atoms with Crippen LogP contribution in [0.15, 0.2) is 48.8 Å². The van der Waals surface area contributed by atoms with E-state index in [9.17, 15) is 4.79 Å². The quantitative estimate of drug-likeness (QED) is 0.705. The molecule has 0 aliphatic carbocycles. The summed E-state index contributed by atoms with van der Waals surface area (Å²) in [6.45, 7) is 3.98. The highest BCUT2D eigenvalue weighted by Crippen LogP contribution is 2.33. The van der Waals surface area contributed by atoms with Crippen molar-refractivity contribution in [3.63, 3.8) is 0 Å². The lowest BCUT2D eigenvalue weighted by Gasteiger charge is -2.32. The molecule has 1 aromatic heterocycles. The Labute approximate surface area is 175 Å². The van der Waals surface area contributed by atoms with Crippen LogP contribution in [0.4, 0.5) is 0 Å². The molecule has 2 aliphatic rings. The Morgan fingerprint density at radius 3 is 2.67 bits per heavy atom. The maximum Gasteiger partial charge on any atom is 0.251 e. The number of nitrogens with zero attached hydrogens (tertiary/aromatic N) is 3. The Kier molecular flexibility index (Phi) is 5.19. The highest BCUT2D eigenvalue weighted by atomic mass is 16.7. The van der Waals surface area contributed by atoms with Crippen LogP contribution < -0.4 is 14.8 Å². The van der Waals surface area contributed by atoms with E-state index < -0.39 is 0 Å². The number of aromatic nitrogens is 2. The van der Waals surface area contributed by atoms with E-state index in [4.69, 9.17) is 9.47 Å². The van der Waals surface area contributed by atoms with Crippen molar-refractivity contribution in [1.82, 2.24) is 20.2 Å². The van der Waals surface area contributed by atoms with Crippen LogP contribution in [-0.4, -0.2) is 47.2 Å². The molecule has 0 unspecified atom stereocenters. The van der Waals surface area contributed by atoms with Gasteiger partial charge in [0, 0.05) is 31.0 Å². The molecule has 3 aromatic rings. The summed E-state index contributed by atoms with van der Waals surface area (Å²) in [5.74, 6) is 2.11. The number of hydrogen-bond donors (Lipinski definition) is 1. The SMILES string of the molecule is O=C(NCC1CCN(Cc2ccc3c(c2)OCO3)CC1)c1ccc2nccnc2c1. The predicted octanol–water partition coefficient (Wildman–Crippen LogP) is 3.00. The normalized spacial score (nSPS) is 16.7. The first-order chi connectivity index (χ1) is 14.7. The topological polar surface area (TPSA) is 76.6 Å². The first kappa shape index (κ1) is 18.8. The fourth-order valence-corrected chi connectivity index (χ4v) is 4.09. The predicted molar refractivity (Wildman–Crippen MR) is 112 cm³/mol. The zero-order chi connectivity index (χ0) is 20.3. The highest BCUT2D eigenvalue weighted by molar-refractivity contribution is 5.97. The van der Waals surface area contributed by atoms with Gasteiger partial charge in [-0.15, -0.1) is 0 Å². The van der Waals surface area contributed by atoms with E-state index in [1.165, 1.54) is 5.56 Å². The Bertz CT molecular complexity index is 1060. The number of nitrogens with one attached hydrogen (secondary N) is 1. The third kappa shape index (κ3) is 4.07. The third-order valence-corrected chi connectivity index (χ3v) is 5.83. The second-order valence-corrected chi connectivity index (χ2v) is 7.88. The van der Waals surface area contributed by atoms with E-state index in [1.807, 2.05) is 12.1 Å². The number of amides is 1. The summed E-state index contributed by atoms with van der Waals surface area (Å²) >= 11 is 0. The molecule has 0 radical (unpaired) electrons. The largest absolute Gasteiger partial charge is 0.454 e. The van der Waals surface area contributed by atoms with Gasteiger partial charge in [0.15, 0.2) is 11.5 Å². The summed E-state index contributed by atoms with van der Waals surface area (Å²) in [6, 6.07) is 11.6. The maximum absolute atomic E-state index is 12.5. The first-order valence-corrected chi connectivity index (χ1v) is 10.3. The van der Waals surface area contributed by atoms with E-state index >= 15 is 0 Å². The van der Waals surface area contributed by atoms with Gasteiger partial charge in [0.05, 0.1) is 11.0 Å². The minimum atomic E-state index is -0.0506. The van der Waals surface area contributed by atoms with Crippen molar-refractivity contribution < 1.29 is 14.3 Å². The van der Waals surface area contributed by atoms with Crippen molar-refractivity contribution in [2.45, 2.75) is 19.4 Å². The van der Waals surface area contributed by atoms with Crippen LogP contribution in [0.5, 0.6) is 11.5 Å². The molecule has 0 spiro atoms. The highest BCUT2D eigenvalue weighted by Gasteiger charge is 2.21. The molecule has 7 heteroatoms. The Morgan fingerprint density at radius 1 is 1.00 bits per heavy atom. The van der Waals surface area contributed by atoms with Crippen molar-refractivity contribution in [3.05, 3.63) is 59.9 Å². The molecule has 154 valence electrons. The van der Waals surface area contributed by atoms with Gasteiger partial charge in [-0.25, -0.2) is 0 Å². The molecule has 3 heterocycles. The number of rotatable bonds is 5. The van der Waals surface area contributed by atoms with Crippen molar-refractivity contribution >= 4 is 16.9 Å². The molecule has 0 saturated carbocycles. The average molecular weight is 404 g/mol. The van der Waals surface area contributed by atoms with Crippen LogP contribution in [0.1, 0.15) is 28.8 Å².